The van der Waals surface area contributed by atoms with Crippen molar-refractivity contribution in [1.29, 1.82) is 5.26 Å². The van der Waals surface area contributed by atoms with Crippen molar-refractivity contribution in [1.82, 2.24) is 9.88 Å². The number of hydrogen-bond donors (Lipinski definition) is 0. The van der Waals surface area contributed by atoms with Gasteiger partial charge in [-0.05, 0) is 23.8 Å². The maximum atomic E-state index is 13.1. The van der Waals surface area contributed by atoms with Crippen LogP contribution in [0.25, 0.3) is 0 Å². The third-order valence-electron chi connectivity index (χ3n) is 4.75. The zero-order valence-electron chi connectivity index (χ0n) is 15.7. The highest BCUT2D eigenvalue weighted by molar-refractivity contribution is 6.01. The molecule has 1 atom stereocenters. The number of aromatic nitrogens is 1. The van der Waals surface area contributed by atoms with Crippen LogP contribution in [-0.4, -0.2) is 41.9 Å². The second-order valence-corrected chi connectivity index (χ2v) is 6.61. The van der Waals surface area contributed by atoms with Crippen LogP contribution in [-0.2, 0) is 16.1 Å². The molecule has 0 radical (unpaired) electrons. The Morgan fingerprint density at radius 3 is 2.89 bits per heavy atom. The lowest BCUT2D eigenvalue weighted by Crippen LogP contribution is -2.37. The van der Waals surface area contributed by atoms with Crippen LogP contribution in [0.15, 0.2) is 48.8 Å². The SMILES string of the molecule is COc1ccccc1N1CC(C(=O)N(CCC#N)Cc2cccnc2)CC1=O. The molecule has 2 heterocycles. The van der Waals surface area contributed by atoms with E-state index >= 15 is 0 Å². The lowest BCUT2D eigenvalue weighted by molar-refractivity contribution is -0.136. The van der Waals surface area contributed by atoms with Gasteiger partial charge in [-0.15, -0.1) is 0 Å². The predicted molar refractivity (Wildman–Crippen MR) is 103 cm³/mol. The average Bonchev–Trinajstić information content (AvgIpc) is 3.12. The van der Waals surface area contributed by atoms with Crippen LogP contribution in [0.2, 0.25) is 0 Å². The summed E-state index contributed by atoms with van der Waals surface area (Å²) < 4.78 is 5.35. The number of rotatable bonds is 7. The van der Waals surface area contributed by atoms with E-state index in [1.54, 1.807) is 35.4 Å². The Morgan fingerprint density at radius 2 is 2.18 bits per heavy atom. The van der Waals surface area contributed by atoms with Gasteiger partial charge in [0.25, 0.3) is 0 Å². The van der Waals surface area contributed by atoms with E-state index < -0.39 is 5.92 Å². The van der Waals surface area contributed by atoms with Gasteiger partial charge in [0.15, 0.2) is 0 Å². The summed E-state index contributed by atoms with van der Waals surface area (Å²) >= 11 is 0. The number of nitriles is 1. The fraction of sp³-hybridized carbons (Fsp3) is 0.333. The molecule has 0 N–H and O–H groups in total. The molecule has 1 aromatic heterocycles. The first-order chi connectivity index (χ1) is 13.6. The highest BCUT2D eigenvalue weighted by Gasteiger charge is 2.38. The summed E-state index contributed by atoms with van der Waals surface area (Å²) in [6, 6.07) is 13.1. The summed E-state index contributed by atoms with van der Waals surface area (Å²) in [5.41, 5.74) is 1.56. The van der Waals surface area contributed by atoms with Crippen LogP contribution in [0.3, 0.4) is 0 Å². The molecule has 2 amide bonds. The molecule has 1 aliphatic heterocycles. The molecule has 0 spiro atoms. The number of pyridine rings is 1. The van der Waals surface area contributed by atoms with Crippen LogP contribution in [0.1, 0.15) is 18.4 Å². The molecule has 0 saturated carbocycles. The second kappa shape index (κ2) is 9.00. The Balaban J connectivity index is 1.76. The Bertz CT molecular complexity index is 879. The summed E-state index contributed by atoms with van der Waals surface area (Å²) in [4.78, 5) is 33.0. The van der Waals surface area contributed by atoms with Gasteiger partial charge in [0.1, 0.15) is 5.75 Å². The van der Waals surface area contributed by atoms with E-state index in [2.05, 4.69) is 11.1 Å². The molecule has 7 nitrogen and oxygen atoms in total. The van der Waals surface area contributed by atoms with E-state index in [4.69, 9.17) is 10.00 Å². The number of amides is 2. The molecular weight excluding hydrogens is 356 g/mol. The Hall–Kier alpha value is -3.40. The summed E-state index contributed by atoms with van der Waals surface area (Å²) in [6.07, 6.45) is 3.76. The minimum absolute atomic E-state index is 0.107. The topological polar surface area (TPSA) is 86.5 Å². The monoisotopic (exact) mass is 378 g/mol. The normalized spacial score (nSPS) is 15.9. The molecule has 0 aliphatic carbocycles. The van der Waals surface area contributed by atoms with Crippen molar-refractivity contribution >= 4 is 17.5 Å². The van der Waals surface area contributed by atoms with Crippen molar-refractivity contribution in [2.45, 2.75) is 19.4 Å². The summed E-state index contributed by atoms with van der Waals surface area (Å²) in [6.45, 7) is 0.991. The number of carbonyl (C=O) groups is 2. The molecule has 28 heavy (non-hydrogen) atoms. The minimum Gasteiger partial charge on any atom is -0.495 e. The van der Waals surface area contributed by atoms with Crippen molar-refractivity contribution in [3.05, 3.63) is 54.4 Å². The van der Waals surface area contributed by atoms with Crippen LogP contribution in [0.4, 0.5) is 5.69 Å². The van der Waals surface area contributed by atoms with Gasteiger partial charge in [-0.2, -0.15) is 5.26 Å². The van der Waals surface area contributed by atoms with Crippen molar-refractivity contribution < 1.29 is 14.3 Å². The van der Waals surface area contributed by atoms with E-state index in [1.807, 2.05) is 30.3 Å². The Kier molecular flexibility index (Phi) is 6.22. The third-order valence-corrected chi connectivity index (χ3v) is 4.75. The standard InChI is InChI=1S/C21H22N4O3/c1-28-19-8-3-2-7-18(19)25-15-17(12-20(25)26)21(27)24(11-5-9-22)14-16-6-4-10-23-13-16/h2-4,6-8,10,13,17H,5,11-12,14-15H2,1H3. The van der Waals surface area contributed by atoms with Crippen LogP contribution >= 0.6 is 0 Å². The first-order valence-corrected chi connectivity index (χ1v) is 9.12. The van der Waals surface area contributed by atoms with Gasteiger partial charge in [-0.3, -0.25) is 14.6 Å². The van der Waals surface area contributed by atoms with E-state index in [1.165, 1.54) is 0 Å². The number of nitrogens with zero attached hydrogens (tertiary/aromatic N) is 4. The number of carbonyl (C=O) groups excluding carboxylic acids is 2. The fourth-order valence-corrected chi connectivity index (χ4v) is 3.38. The largest absolute Gasteiger partial charge is 0.495 e. The number of para-hydroxylation sites is 2. The van der Waals surface area contributed by atoms with Crippen molar-refractivity contribution in [3.8, 4) is 11.8 Å². The molecule has 7 heteroatoms. The first-order valence-electron chi connectivity index (χ1n) is 9.12. The van der Waals surface area contributed by atoms with Gasteiger partial charge in [0, 0.05) is 38.4 Å². The Labute approximate surface area is 164 Å². The highest BCUT2D eigenvalue weighted by Crippen LogP contribution is 2.33. The number of hydrogen-bond acceptors (Lipinski definition) is 5. The predicted octanol–water partition coefficient (Wildman–Crippen LogP) is 2.39. The van der Waals surface area contributed by atoms with Gasteiger partial charge in [-0.25, -0.2) is 0 Å². The lowest BCUT2D eigenvalue weighted by Gasteiger charge is -2.25. The zero-order chi connectivity index (χ0) is 19.9. The van der Waals surface area contributed by atoms with E-state index in [9.17, 15) is 9.59 Å². The Morgan fingerprint density at radius 1 is 1.36 bits per heavy atom. The smallest absolute Gasteiger partial charge is 0.228 e. The molecule has 1 fully saturated rings. The van der Waals surface area contributed by atoms with Crippen LogP contribution < -0.4 is 9.64 Å². The van der Waals surface area contributed by atoms with Crippen LogP contribution in [0, 0.1) is 17.2 Å². The minimum atomic E-state index is -0.451. The van der Waals surface area contributed by atoms with Crippen molar-refractivity contribution in [3.63, 3.8) is 0 Å². The van der Waals surface area contributed by atoms with E-state index in [-0.39, 0.29) is 24.7 Å². The van der Waals surface area contributed by atoms with Crippen LogP contribution in [0.5, 0.6) is 5.75 Å². The van der Waals surface area contributed by atoms with Gasteiger partial charge >= 0.3 is 0 Å². The third kappa shape index (κ3) is 4.29. The van der Waals surface area contributed by atoms with E-state index in [0.717, 1.165) is 5.56 Å². The maximum absolute atomic E-state index is 13.1. The number of methoxy groups -OCH3 is 1. The molecular formula is C21H22N4O3. The molecule has 3 rings (SSSR count). The summed E-state index contributed by atoms with van der Waals surface area (Å²) in [5, 5.41) is 8.94. The summed E-state index contributed by atoms with van der Waals surface area (Å²) in [5.74, 6) is -0.0808. The van der Waals surface area contributed by atoms with E-state index in [0.29, 0.717) is 31.1 Å². The number of benzene rings is 1. The van der Waals surface area contributed by atoms with Gasteiger partial charge in [0.05, 0.1) is 31.2 Å². The molecule has 0 bridgehead atoms. The second-order valence-electron chi connectivity index (χ2n) is 6.61. The van der Waals surface area contributed by atoms with Gasteiger partial charge in [-0.1, -0.05) is 18.2 Å². The molecule has 1 aromatic carbocycles. The van der Waals surface area contributed by atoms with Gasteiger partial charge < -0.3 is 14.5 Å². The van der Waals surface area contributed by atoms with Crippen molar-refractivity contribution in [2.75, 3.05) is 25.1 Å². The molecule has 2 aromatic rings. The average molecular weight is 378 g/mol. The number of anilines is 1. The fourth-order valence-electron chi connectivity index (χ4n) is 3.38. The first kappa shape index (κ1) is 19.4. The number of ether oxygens (including phenoxy) is 1. The summed E-state index contributed by atoms with van der Waals surface area (Å²) in [7, 11) is 1.56. The quantitative estimate of drug-likeness (QED) is 0.738. The molecule has 144 valence electrons. The molecule has 1 unspecified atom stereocenters. The lowest BCUT2D eigenvalue weighted by atomic mass is 10.1. The maximum Gasteiger partial charge on any atom is 0.228 e. The van der Waals surface area contributed by atoms with Gasteiger partial charge in [0.2, 0.25) is 11.8 Å². The molecule has 1 aliphatic rings. The highest BCUT2D eigenvalue weighted by atomic mass is 16.5. The molecule has 1 saturated heterocycles. The zero-order valence-corrected chi connectivity index (χ0v) is 15.7. The van der Waals surface area contributed by atoms with Crippen molar-refractivity contribution in [2.24, 2.45) is 5.92 Å².